The van der Waals surface area contributed by atoms with Gasteiger partial charge in [0.2, 0.25) is 59.1 Å². The van der Waals surface area contributed by atoms with E-state index in [9.17, 15) is 63.0 Å². The van der Waals surface area contributed by atoms with E-state index in [1.165, 1.54) is 36.1 Å². The van der Waals surface area contributed by atoms with Gasteiger partial charge in [-0.15, -0.1) is 0 Å². The maximum absolute atomic E-state index is 14.4. The standard InChI is InChI=1S/C46H72N16O13S2/c1-4-23(2)36-44(75)62-17-7-10-33(62)43(74)58-27(8-5-15-52-45(48)49)38(69)54-20-34(65)56-30(19-35(66)67)41(72)59-29(18-25-11-13-26(64)14-12-25)40(71)57-28(9-6-16-53-46(50)51)39(70)60-31(37(47)68)21-76-77-22-32(42(73)61-36)55-24(3)63/h11-14,23,27-33,36,64H,4-10,15-22H2,1-3H3,(H2,47,68)(H,54,69)(H,55,63)(H,56,65)(H,57,71)(H,58,74)(H,59,72)(H,60,70)(H,61,73)(H,66,67)(H4,48,49,52)(H4,50,51,53)/t23-,27-,28-,29-,30-,31-,32-,33-,36-/m0/s1. The number of hydrogen-bond donors (Lipinski definition) is 15. The molecule has 77 heavy (non-hydrogen) atoms. The molecule has 0 aliphatic carbocycles. The third-order valence-electron chi connectivity index (χ3n) is 12.1. The average Bonchev–Trinajstić information content (AvgIpc) is 3.86. The zero-order valence-corrected chi connectivity index (χ0v) is 44.7. The van der Waals surface area contributed by atoms with E-state index in [4.69, 9.17) is 28.7 Å². The smallest absolute Gasteiger partial charge is 0.305 e. The van der Waals surface area contributed by atoms with Gasteiger partial charge < -0.3 is 86.3 Å². The highest BCUT2D eigenvalue weighted by Crippen LogP contribution is 2.25. The number of nitrogens with one attached hydrogen (secondary N) is 8. The Kier molecular flexibility index (Phi) is 26.6. The molecule has 2 aliphatic rings. The molecule has 20 N–H and O–H groups in total. The van der Waals surface area contributed by atoms with Crippen LogP contribution in [0.2, 0.25) is 0 Å². The first kappa shape index (κ1) is 63.7. The van der Waals surface area contributed by atoms with Crippen LogP contribution < -0.4 is 71.2 Å². The quantitative estimate of drug-likeness (QED) is 0.0319. The molecular formula is C46H72N16O13S2. The zero-order chi connectivity index (χ0) is 57.4. The number of carbonyl (C=O) groups excluding carboxylic acids is 10. The Morgan fingerprint density at radius 3 is 1.87 bits per heavy atom. The van der Waals surface area contributed by atoms with Crippen molar-refractivity contribution in [2.24, 2.45) is 44.6 Å². The van der Waals surface area contributed by atoms with Crippen molar-refractivity contribution in [2.45, 2.75) is 127 Å². The highest BCUT2D eigenvalue weighted by atomic mass is 33.1. The summed E-state index contributed by atoms with van der Waals surface area (Å²) >= 11 is 0. The molecule has 0 bridgehead atoms. The van der Waals surface area contributed by atoms with Crippen LogP contribution >= 0.6 is 21.6 Å². The number of rotatable bonds is 16. The van der Waals surface area contributed by atoms with E-state index in [1.807, 2.05) is 0 Å². The highest BCUT2D eigenvalue weighted by molar-refractivity contribution is 8.76. The van der Waals surface area contributed by atoms with Crippen molar-refractivity contribution >= 4 is 98.5 Å². The number of phenols is 1. The minimum absolute atomic E-state index is 0.0127. The molecule has 0 unspecified atom stereocenters. The van der Waals surface area contributed by atoms with Gasteiger partial charge in [-0.2, -0.15) is 0 Å². The summed E-state index contributed by atoms with van der Waals surface area (Å²) in [5.74, 6) is -11.7. The molecule has 3 rings (SSSR count). The van der Waals surface area contributed by atoms with E-state index < -0.39 is 132 Å². The van der Waals surface area contributed by atoms with Crippen LogP contribution in [0.25, 0.3) is 0 Å². The summed E-state index contributed by atoms with van der Waals surface area (Å²) < 4.78 is 0. The number of aliphatic imine (C=N–C) groups is 2. The lowest BCUT2D eigenvalue weighted by molar-refractivity contribution is -0.143. The van der Waals surface area contributed by atoms with E-state index in [0.717, 1.165) is 21.6 Å². The third kappa shape index (κ3) is 22.3. The number of guanidine groups is 2. The molecule has 2 aliphatic heterocycles. The fraction of sp³-hybridized carbons (Fsp3) is 0.587. The number of phenolic OH excluding ortho intramolecular Hbond substituents is 1. The van der Waals surface area contributed by atoms with Gasteiger partial charge >= 0.3 is 5.97 Å². The summed E-state index contributed by atoms with van der Waals surface area (Å²) in [4.78, 5) is 158. The lowest BCUT2D eigenvalue weighted by atomic mass is 9.97. The largest absolute Gasteiger partial charge is 0.508 e. The van der Waals surface area contributed by atoms with Crippen LogP contribution in [-0.2, 0) is 59.2 Å². The van der Waals surface area contributed by atoms with Crippen molar-refractivity contribution < 1.29 is 63.0 Å². The Hall–Kier alpha value is -7.57. The van der Waals surface area contributed by atoms with Gasteiger partial charge in [-0.25, -0.2) is 0 Å². The lowest BCUT2D eigenvalue weighted by Gasteiger charge is -2.32. The van der Waals surface area contributed by atoms with Crippen LogP contribution in [0.1, 0.15) is 77.7 Å². The van der Waals surface area contributed by atoms with Crippen molar-refractivity contribution in [3.63, 3.8) is 0 Å². The molecule has 1 aromatic rings. The van der Waals surface area contributed by atoms with Gasteiger partial charge in [0.25, 0.3) is 0 Å². The number of carboxylic acid groups (broad SMARTS) is 1. The van der Waals surface area contributed by atoms with Gasteiger partial charge in [0.1, 0.15) is 54.1 Å². The van der Waals surface area contributed by atoms with Crippen LogP contribution in [0, 0.1) is 5.92 Å². The number of fused-ring (bicyclic) bond motifs is 1. The Morgan fingerprint density at radius 2 is 1.30 bits per heavy atom. The number of primary amides is 1. The van der Waals surface area contributed by atoms with Crippen LogP contribution in [0.5, 0.6) is 5.75 Å². The van der Waals surface area contributed by atoms with E-state index in [-0.39, 0.29) is 87.3 Å². The molecular weight excluding hydrogens is 1050 g/mol. The third-order valence-corrected chi connectivity index (χ3v) is 14.6. The molecule has 29 nitrogen and oxygen atoms in total. The van der Waals surface area contributed by atoms with Crippen LogP contribution in [0.15, 0.2) is 34.3 Å². The topological polar surface area (TPSA) is 483 Å². The molecule has 2 fully saturated rings. The molecule has 10 amide bonds. The van der Waals surface area contributed by atoms with E-state index in [1.54, 1.807) is 13.8 Å². The monoisotopic (exact) mass is 1120 g/mol. The van der Waals surface area contributed by atoms with Gasteiger partial charge in [0.05, 0.1) is 13.0 Å². The summed E-state index contributed by atoms with van der Waals surface area (Å²) in [7, 11) is 2.01. The second-order valence-electron chi connectivity index (χ2n) is 18.2. The number of nitrogens with zero attached hydrogens (tertiary/aromatic N) is 3. The summed E-state index contributed by atoms with van der Waals surface area (Å²) in [5.41, 5.74) is 28.0. The summed E-state index contributed by atoms with van der Waals surface area (Å²) in [6.07, 6.45) is -0.420. The average molecular weight is 1120 g/mol. The molecule has 2 saturated heterocycles. The second kappa shape index (κ2) is 32.1. The Labute approximate surface area is 452 Å². The molecule has 9 atom stereocenters. The Balaban J connectivity index is 2.12. The van der Waals surface area contributed by atoms with Crippen molar-refractivity contribution in [1.82, 2.24) is 47.4 Å². The predicted molar refractivity (Wildman–Crippen MR) is 284 cm³/mol. The first-order valence-corrected chi connectivity index (χ1v) is 27.2. The van der Waals surface area contributed by atoms with E-state index >= 15 is 0 Å². The molecule has 1 aromatic carbocycles. The molecule has 0 aromatic heterocycles. The Bertz CT molecular complexity index is 2340. The van der Waals surface area contributed by atoms with Crippen molar-refractivity contribution in [3.05, 3.63) is 29.8 Å². The first-order valence-electron chi connectivity index (χ1n) is 24.7. The van der Waals surface area contributed by atoms with E-state index in [2.05, 4.69) is 52.5 Å². The number of aliphatic carboxylic acids is 1. The van der Waals surface area contributed by atoms with Gasteiger partial charge in [0, 0.05) is 44.5 Å². The summed E-state index contributed by atoms with van der Waals surface area (Å²) in [6, 6.07) is -5.79. The number of carbonyl (C=O) groups is 11. The zero-order valence-electron chi connectivity index (χ0n) is 43.0. The maximum Gasteiger partial charge on any atom is 0.305 e. The normalized spacial score (nSPS) is 24.4. The Morgan fingerprint density at radius 1 is 0.740 bits per heavy atom. The predicted octanol–water partition coefficient (Wildman–Crippen LogP) is -5.04. The SMILES string of the molecule is CC[C@H](C)[C@@H]1NC(=O)[C@@H](NC(C)=O)CSSC[C@@H](C(N)=O)NC(=O)[C@H](CCCN=C(N)N)NC(=O)[C@H](Cc2ccc(O)cc2)NC(=O)[C@H](CC(=O)O)NC(=O)CNC(=O)[C@H](CCCN=C(N)N)NC(=O)[C@@H]2CCCN2C1=O. The van der Waals surface area contributed by atoms with Crippen LogP contribution in [-0.4, -0.2) is 178 Å². The van der Waals surface area contributed by atoms with Gasteiger partial charge in [-0.05, 0) is 62.1 Å². The number of hydrogen-bond acceptors (Lipinski definition) is 16. The summed E-state index contributed by atoms with van der Waals surface area (Å²) in [6.45, 7) is 3.95. The first-order chi connectivity index (χ1) is 36.4. The molecule has 2 heterocycles. The van der Waals surface area contributed by atoms with Crippen LogP contribution in [0.4, 0.5) is 0 Å². The van der Waals surface area contributed by atoms with Crippen LogP contribution in [0.3, 0.4) is 0 Å². The van der Waals surface area contributed by atoms with E-state index in [0.29, 0.717) is 18.4 Å². The van der Waals surface area contributed by atoms with Gasteiger partial charge in [-0.1, -0.05) is 54.0 Å². The number of amides is 10. The number of carboxylic acids is 1. The fourth-order valence-corrected chi connectivity index (χ4v) is 10.2. The lowest BCUT2D eigenvalue weighted by Crippen LogP contribution is -2.60. The number of nitrogens with two attached hydrogens (primary N) is 5. The minimum Gasteiger partial charge on any atom is -0.508 e. The van der Waals surface area contributed by atoms with Gasteiger partial charge in [-0.3, -0.25) is 62.7 Å². The van der Waals surface area contributed by atoms with Gasteiger partial charge in [0.15, 0.2) is 11.9 Å². The minimum atomic E-state index is -1.87. The van der Waals surface area contributed by atoms with Crippen molar-refractivity contribution in [1.29, 1.82) is 0 Å². The maximum atomic E-state index is 14.4. The number of aromatic hydroxyl groups is 1. The molecule has 0 saturated carbocycles. The number of benzene rings is 1. The highest BCUT2D eigenvalue weighted by Gasteiger charge is 2.41. The molecule has 0 radical (unpaired) electrons. The van der Waals surface area contributed by atoms with Crippen molar-refractivity contribution in [2.75, 3.05) is 37.7 Å². The fourth-order valence-electron chi connectivity index (χ4n) is 7.90. The summed E-state index contributed by atoms with van der Waals surface area (Å²) in [5, 5.41) is 39.8. The molecule has 0 spiro atoms. The second-order valence-corrected chi connectivity index (χ2v) is 20.8. The van der Waals surface area contributed by atoms with Crippen molar-refractivity contribution in [3.8, 4) is 5.75 Å². The molecule has 31 heteroatoms. The molecule has 426 valence electrons.